The van der Waals surface area contributed by atoms with E-state index in [4.69, 9.17) is 9.78 Å². The molecular formula is C21H23NO2. The van der Waals surface area contributed by atoms with Gasteiger partial charge in [-0.15, -0.1) is 0 Å². The van der Waals surface area contributed by atoms with Crippen LogP contribution in [0.25, 0.3) is 0 Å². The van der Waals surface area contributed by atoms with Crippen molar-refractivity contribution < 1.29 is 9.78 Å². The second-order valence-electron chi connectivity index (χ2n) is 7.36. The predicted octanol–water partition coefficient (Wildman–Crippen LogP) is 4.69. The van der Waals surface area contributed by atoms with Crippen molar-refractivity contribution >= 4 is 0 Å². The van der Waals surface area contributed by atoms with Crippen LogP contribution in [0.15, 0.2) is 54.6 Å². The van der Waals surface area contributed by atoms with E-state index in [0.29, 0.717) is 0 Å². The van der Waals surface area contributed by atoms with Crippen molar-refractivity contribution in [3.8, 4) is 0 Å². The highest BCUT2D eigenvalue weighted by molar-refractivity contribution is 5.41. The van der Waals surface area contributed by atoms with Crippen LogP contribution >= 0.6 is 0 Å². The van der Waals surface area contributed by atoms with Gasteiger partial charge in [-0.3, -0.25) is 0 Å². The van der Waals surface area contributed by atoms with E-state index >= 15 is 0 Å². The summed E-state index contributed by atoms with van der Waals surface area (Å²) in [4.78, 5) is 14.2. The molecule has 2 bridgehead atoms. The van der Waals surface area contributed by atoms with Gasteiger partial charge in [0.15, 0.2) is 12.5 Å². The van der Waals surface area contributed by atoms with Crippen molar-refractivity contribution in [1.82, 2.24) is 4.90 Å². The SMILES string of the molecule is c1ccc(CN2[C@H]3OO[C@@H]2C2(CCCCC2)c2ccccc23)cc1. The first-order valence-electron chi connectivity index (χ1n) is 9.10. The third-order valence-electron chi connectivity index (χ3n) is 6.03. The lowest BCUT2D eigenvalue weighted by molar-refractivity contribution is -0.305. The quantitative estimate of drug-likeness (QED) is 0.749. The summed E-state index contributed by atoms with van der Waals surface area (Å²) in [5.41, 5.74) is 4.15. The monoisotopic (exact) mass is 321 g/mol. The van der Waals surface area contributed by atoms with Crippen molar-refractivity contribution in [3.05, 3.63) is 71.3 Å². The number of hydrogen-bond acceptors (Lipinski definition) is 3. The highest BCUT2D eigenvalue weighted by Gasteiger charge is 2.57. The summed E-state index contributed by atoms with van der Waals surface area (Å²) in [7, 11) is 0. The summed E-state index contributed by atoms with van der Waals surface area (Å²) >= 11 is 0. The smallest absolute Gasteiger partial charge is 0.174 e. The van der Waals surface area contributed by atoms with E-state index in [0.717, 1.165) is 6.54 Å². The molecule has 0 radical (unpaired) electrons. The molecule has 5 rings (SSSR count). The van der Waals surface area contributed by atoms with Gasteiger partial charge in [0.1, 0.15) is 0 Å². The molecule has 1 saturated carbocycles. The average Bonchev–Trinajstić information content (AvgIpc) is 3.01. The van der Waals surface area contributed by atoms with E-state index in [-0.39, 0.29) is 17.9 Å². The lowest BCUT2D eigenvalue weighted by atomic mass is 9.64. The summed E-state index contributed by atoms with van der Waals surface area (Å²) in [6.45, 7) is 0.867. The predicted molar refractivity (Wildman–Crippen MR) is 91.9 cm³/mol. The molecule has 3 aliphatic rings. The molecule has 2 aromatic carbocycles. The Balaban J connectivity index is 1.59. The normalized spacial score (nSPS) is 28.0. The van der Waals surface area contributed by atoms with Crippen molar-refractivity contribution in [1.29, 1.82) is 0 Å². The highest BCUT2D eigenvalue weighted by Crippen LogP contribution is 2.55. The number of hydrogen-bond donors (Lipinski definition) is 0. The molecule has 124 valence electrons. The molecule has 1 spiro atoms. The average molecular weight is 321 g/mol. The molecule has 3 nitrogen and oxygen atoms in total. The zero-order chi connectivity index (χ0) is 16.0. The maximum atomic E-state index is 5.96. The maximum Gasteiger partial charge on any atom is 0.174 e. The highest BCUT2D eigenvalue weighted by atomic mass is 17.2. The van der Waals surface area contributed by atoms with Crippen LogP contribution in [0.3, 0.4) is 0 Å². The fraction of sp³-hybridized carbons (Fsp3) is 0.429. The van der Waals surface area contributed by atoms with E-state index in [1.807, 2.05) is 0 Å². The van der Waals surface area contributed by atoms with Crippen LogP contribution in [0.4, 0.5) is 0 Å². The molecule has 1 aliphatic carbocycles. The van der Waals surface area contributed by atoms with Gasteiger partial charge in [0.25, 0.3) is 0 Å². The third-order valence-corrected chi connectivity index (χ3v) is 6.03. The van der Waals surface area contributed by atoms with Crippen LogP contribution in [-0.4, -0.2) is 11.1 Å². The Morgan fingerprint density at radius 1 is 0.875 bits per heavy atom. The molecule has 2 fully saturated rings. The van der Waals surface area contributed by atoms with Crippen LogP contribution in [0.2, 0.25) is 0 Å². The van der Waals surface area contributed by atoms with E-state index in [9.17, 15) is 0 Å². The standard InChI is InChI=1S/C21H23NO2/c1-3-9-16(10-4-1)15-22-19-17-11-5-6-12-18(17)21(20(22)24-23-19)13-7-2-8-14-21/h1,3-6,9-12,19-20H,2,7-8,13-15H2/t19-,20+/m0/s1. The molecular weight excluding hydrogens is 298 g/mol. The van der Waals surface area contributed by atoms with Crippen LogP contribution < -0.4 is 0 Å². The van der Waals surface area contributed by atoms with E-state index < -0.39 is 0 Å². The second-order valence-corrected chi connectivity index (χ2v) is 7.36. The summed E-state index contributed by atoms with van der Waals surface area (Å²) < 4.78 is 0. The van der Waals surface area contributed by atoms with Crippen molar-refractivity contribution in [3.63, 3.8) is 0 Å². The Bertz CT molecular complexity index is 724. The first-order valence-corrected chi connectivity index (χ1v) is 9.10. The summed E-state index contributed by atoms with van der Waals surface area (Å²) in [6, 6.07) is 19.5. The molecule has 0 unspecified atom stereocenters. The first-order chi connectivity index (χ1) is 11.9. The number of nitrogens with zero attached hydrogens (tertiary/aromatic N) is 1. The largest absolute Gasteiger partial charge is 0.238 e. The van der Waals surface area contributed by atoms with Gasteiger partial charge < -0.3 is 0 Å². The van der Waals surface area contributed by atoms with Gasteiger partial charge in [0.2, 0.25) is 0 Å². The third kappa shape index (κ3) is 2.08. The van der Waals surface area contributed by atoms with Gasteiger partial charge in [-0.1, -0.05) is 73.9 Å². The number of rotatable bonds is 2. The van der Waals surface area contributed by atoms with Gasteiger partial charge in [-0.2, -0.15) is 0 Å². The topological polar surface area (TPSA) is 21.7 Å². The molecule has 0 N–H and O–H groups in total. The Hall–Kier alpha value is -1.68. The Kier molecular flexibility index (Phi) is 3.47. The molecule has 2 atom stereocenters. The van der Waals surface area contributed by atoms with Crippen molar-refractivity contribution in [2.75, 3.05) is 0 Å². The minimum Gasteiger partial charge on any atom is -0.238 e. The van der Waals surface area contributed by atoms with Crippen LogP contribution in [0, 0.1) is 0 Å². The van der Waals surface area contributed by atoms with Crippen LogP contribution in [0.1, 0.15) is 55.0 Å². The summed E-state index contributed by atoms with van der Waals surface area (Å²) in [5, 5.41) is 0. The minimum atomic E-state index is -0.0843. The molecule has 2 aromatic rings. The zero-order valence-corrected chi connectivity index (χ0v) is 13.9. The Morgan fingerprint density at radius 2 is 1.62 bits per heavy atom. The van der Waals surface area contributed by atoms with E-state index in [2.05, 4.69) is 59.5 Å². The Labute approximate surface area is 143 Å². The van der Waals surface area contributed by atoms with Crippen LogP contribution in [-0.2, 0) is 21.7 Å². The molecule has 24 heavy (non-hydrogen) atoms. The lowest BCUT2D eigenvalue weighted by Gasteiger charge is -2.48. The van der Waals surface area contributed by atoms with Crippen molar-refractivity contribution in [2.24, 2.45) is 0 Å². The summed E-state index contributed by atoms with van der Waals surface area (Å²) in [6.07, 6.45) is 6.21. The summed E-state index contributed by atoms with van der Waals surface area (Å²) in [5.74, 6) is 0. The molecule has 2 heterocycles. The van der Waals surface area contributed by atoms with E-state index in [1.165, 1.54) is 48.8 Å². The van der Waals surface area contributed by atoms with Gasteiger partial charge in [0.05, 0.1) is 0 Å². The number of fused-ring (bicyclic) bond motifs is 6. The maximum absolute atomic E-state index is 5.96. The number of benzene rings is 2. The fourth-order valence-electron chi connectivity index (χ4n) is 4.94. The lowest BCUT2D eigenvalue weighted by Crippen LogP contribution is -2.53. The van der Waals surface area contributed by atoms with E-state index in [1.54, 1.807) is 0 Å². The Morgan fingerprint density at radius 3 is 2.46 bits per heavy atom. The van der Waals surface area contributed by atoms with Gasteiger partial charge in [-0.05, 0) is 24.0 Å². The molecule has 3 heteroatoms. The van der Waals surface area contributed by atoms with Crippen molar-refractivity contribution in [2.45, 2.75) is 56.5 Å². The first kappa shape index (κ1) is 14.6. The van der Waals surface area contributed by atoms with Gasteiger partial charge >= 0.3 is 0 Å². The van der Waals surface area contributed by atoms with Gasteiger partial charge in [0, 0.05) is 17.5 Å². The minimum absolute atomic E-state index is 0.0258. The van der Waals surface area contributed by atoms with Crippen LogP contribution in [0.5, 0.6) is 0 Å². The zero-order valence-electron chi connectivity index (χ0n) is 13.9. The van der Waals surface area contributed by atoms with Gasteiger partial charge in [-0.25, -0.2) is 14.7 Å². The second kappa shape index (κ2) is 5.69. The fourth-order valence-corrected chi connectivity index (χ4v) is 4.94. The molecule has 0 aromatic heterocycles. The molecule has 2 aliphatic heterocycles. The molecule has 1 saturated heterocycles. The molecule has 0 amide bonds.